The number of rotatable bonds is 11. The van der Waals surface area contributed by atoms with E-state index < -0.39 is 0 Å². The first kappa shape index (κ1) is 42.9. The van der Waals surface area contributed by atoms with Gasteiger partial charge in [0.05, 0.1) is 0 Å². The number of benzene rings is 10. The molecule has 0 amide bonds. The van der Waals surface area contributed by atoms with Gasteiger partial charge in [-0.2, -0.15) is 0 Å². The number of para-hydroxylation sites is 3. The minimum Gasteiger partial charge on any atom is -0.337 e. The first-order valence-electron chi connectivity index (χ1n) is 24.6. The van der Waals surface area contributed by atoms with Gasteiger partial charge in [-0.1, -0.05) is 202 Å². The number of hydrogen-bond acceptors (Lipinski definition) is 2. The second-order valence-electron chi connectivity index (χ2n) is 19.2. The number of fused-ring (bicyclic) bond motifs is 11. The lowest BCUT2D eigenvalue weighted by atomic mass is 9.78. The summed E-state index contributed by atoms with van der Waals surface area (Å²) in [6, 6.07) is 78.6. The van der Waals surface area contributed by atoms with Gasteiger partial charge in [0.2, 0.25) is 0 Å². The van der Waals surface area contributed by atoms with Crippen LogP contribution >= 0.6 is 0 Å². The third kappa shape index (κ3) is 7.45. The quantitative estimate of drug-likeness (QED) is 0.0943. The van der Waals surface area contributed by atoms with Gasteiger partial charge in [-0.3, -0.25) is 0 Å². The molecule has 2 aliphatic carbocycles. The molecule has 2 heteroatoms. The lowest BCUT2D eigenvalue weighted by Gasteiger charge is -2.28. The van der Waals surface area contributed by atoms with E-state index in [1.54, 1.807) is 0 Å². The van der Waals surface area contributed by atoms with Gasteiger partial charge >= 0.3 is 0 Å². The van der Waals surface area contributed by atoms with Crippen molar-refractivity contribution < 1.29 is 0 Å². The summed E-state index contributed by atoms with van der Waals surface area (Å²) in [5, 5.41) is 5.24. The van der Waals surface area contributed by atoms with Crippen molar-refractivity contribution >= 4 is 50.0 Å². The van der Waals surface area contributed by atoms with E-state index in [4.69, 9.17) is 0 Å². The fourth-order valence-electron chi connectivity index (χ4n) is 11.4. The smallest absolute Gasteiger partial charge is 0.0493 e. The highest BCUT2D eigenvalue weighted by molar-refractivity contribution is 6.17. The summed E-state index contributed by atoms with van der Waals surface area (Å²) in [4.78, 5) is 4.82. The van der Waals surface area contributed by atoms with Gasteiger partial charge in [0.25, 0.3) is 0 Å². The van der Waals surface area contributed by atoms with E-state index in [-0.39, 0.29) is 5.41 Å². The van der Waals surface area contributed by atoms with Gasteiger partial charge in [0.1, 0.15) is 0 Å². The average Bonchev–Trinajstić information content (AvgIpc) is 3.64. The van der Waals surface area contributed by atoms with Crippen molar-refractivity contribution in [1.29, 1.82) is 0 Å². The van der Waals surface area contributed by atoms with Crippen molar-refractivity contribution in [3.05, 3.63) is 272 Å². The summed E-state index contributed by atoms with van der Waals surface area (Å²) in [5.74, 6) is 0. The molecule has 0 bridgehead atoms. The van der Waals surface area contributed by atoms with Crippen LogP contribution in [0.5, 0.6) is 0 Å². The van der Waals surface area contributed by atoms with Crippen LogP contribution < -0.4 is 9.80 Å². The molecule has 0 aliphatic heterocycles. The van der Waals surface area contributed by atoms with Crippen LogP contribution in [-0.2, 0) is 18.3 Å². The largest absolute Gasteiger partial charge is 0.337 e. The number of anilines is 5. The summed E-state index contributed by atoms with van der Waals surface area (Å²) in [5.41, 5.74) is 21.6. The third-order valence-corrected chi connectivity index (χ3v) is 14.8. The molecule has 10 aromatic rings. The molecule has 0 saturated heterocycles. The maximum Gasteiger partial charge on any atom is 0.0493 e. The Balaban J connectivity index is 0.906. The van der Waals surface area contributed by atoms with E-state index in [9.17, 15) is 0 Å². The SMILES string of the molecule is C=C/C=C\C=C/CN(c1ccc2c3c(c4ccccc4c2c1)-c1ccc(-c2ccc4c(c2)C(C)(C)c2cc(N(c5ccccc5)c5ccccc5)ccc2-4)cc1CC3)c1ccccc1-c1ccccc1. The zero-order valence-electron chi connectivity index (χ0n) is 39.8. The molecule has 2 aliphatic rings. The molecule has 10 aromatic carbocycles. The molecule has 0 unspecified atom stereocenters. The standard InChI is InChI=1S/C68H54N2/c1-4-5-6-7-21-42-69(66-31-20-19-28-55(66)47-22-11-8-12-23-47)53-35-40-58-62-39-34-50-43-48(32-37-56(50)67(62)61-30-18-17-29-57(61)63(58)45-53)49-33-38-59-60-41-36-54(46-65(60)68(2,3)64(59)44-49)70(51-24-13-9-14-25-51)52-26-15-10-16-27-52/h4-33,35-38,40-41,43-46H,1,34,39,42H2,2-3H3/b6-5-,21-7-. The normalized spacial score (nSPS) is 13.3. The summed E-state index contributed by atoms with van der Waals surface area (Å²) in [6.45, 7) is 9.36. The van der Waals surface area contributed by atoms with E-state index in [0.717, 1.165) is 24.2 Å². The van der Waals surface area contributed by atoms with Gasteiger partial charge < -0.3 is 9.80 Å². The van der Waals surface area contributed by atoms with E-state index >= 15 is 0 Å². The highest BCUT2D eigenvalue weighted by Gasteiger charge is 2.36. The second-order valence-corrected chi connectivity index (χ2v) is 19.2. The Labute approximate surface area is 412 Å². The van der Waals surface area contributed by atoms with Gasteiger partial charge in [-0.25, -0.2) is 0 Å². The second kappa shape index (κ2) is 17.9. The highest BCUT2D eigenvalue weighted by Crippen LogP contribution is 2.52. The lowest BCUT2D eigenvalue weighted by Crippen LogP contribution is -2.18. The summed E-state index contributed by atoms with van der Waals surface area (Å²) in [6.07, 6.45) is 12.2. The molecule has 0 atom stereocenters. The van der Waals surface area contributed by atoms with Gasteiger partial charge in [-0.05, 0) is 156 Å². The van der Waals surface area contributed by atoms with Crippen LogP contribution in [0.4, 0.5) is 28.4 Å². The minimum absolute atomic E-state index is 0.176. The molecule has 0 aromatic heterocycles. The van der Waals surface area contributed by atoms with Gasteiger partial charge in [0, 0.05) is 46.0 Å². The number of allylic oxidation sites excluding steroid dienone is 4. The Hall–Kier alpha value is -8.46. The zero-order valence-corrected chi connectivity index (χ0v) is 39.8. The molecule has 0 heterocycles. The molecular formula is C68H54N2. The van der Waals surface area contributed by atoms with Crippen molar-refractivity contribution in [2.75, 3.05) is 16.3 Å². The van der Waals surface area contributed by atoms with Crippen molar-refractivity contribution in [3.8, 4) is 44.5 Å². The van der Waals surface area contributed by atoms with Crippen molar-refractivity contribution in [2.45, 2.75) is 32.1 Å². The fraction of sp³-hybridized carbons (Fsp3) is 0.0882. The first-order valence-corrected chi connectivity index (χ1v) is 24.6. The lowest BCUT2D eigenvalue weighted by molar-refractivity contribution is 0.660. The molecule has 70 heavy (non-hydrogen) atoms. The molecule has 0 radical (unpaired) electrons. The number of aryl methyl sites for hydroxylation is 2. The van der Waals surface area contributed by atoms with E-state index in [1.165, 1.54) is 105 Å². The summed E-state index contributed by atoms with van der Waals surface area (Å²) < 4.78 is 0. The van der Waals surface area contributed by atoms with Crippen LogP contribution in [0.3, 0.4) is 0 Å². The Morgan fingerprint density at radius 2 is 1.06 bits per heavy atom. The van der Waals surface area contributed by atoms with E-state index in [2.05, 4.69) is 255 Å². The average molecular weight is 899 g/mol. The van der Waals surface area contributed by atoms with Gasteiger partial charge in [-0.15, -0.1) is 0 Å². The minimum atomic E-state index is -0.176. The predicted molar refractivity (Wildman–Crippen MR) is 299 cm³/mol. The highest BCUT2D eigenvalue weighted by atomic mass is 15.1. The summed E-state index contributed by atoms with van der Waals surface area (Å²) in [7, 11) is 0. The van der Waals surface area contributed by atoms with Crippen molar-refractivity contribution in [1.82, 2.24) is 0 Å². The molecule has 336 valence electrons. The maximum absolute atomic E-state index is 3.85. The monoisotopic (exact) mass is 898 g/mol. The molecule has 0 fully saturated rings. The molecule has 2 nitrogen and oxygen atoms in total. The molecular weight excluding hydrogens is 845 g/mol. The van der Waals surface area contributed by atoms with Crippen LogP contribution in [0, 0.1) is 0 Å². The van der Waals surface area contributed by atoms with Crippen molar-refractivity contribution in [3.63, 3.8) is 0 Å². The molecule has 12 rings (SSSR count). The Kier molecular flexibility index (Phi) is 11.0. The number of nitrogens with zero attached hydrogens (tertiary/aromatic N) is 2. The van der Waals surface area contributed by atoms with Gasteiger partial charge in [0.15, 0.2) is 0 Å². The summed E-state index contributed by atoms with van der Waals surface area (Å²) >= 11 is 0. The maximum atomic E-state index is 3.85. The molecule has 0 N–H and O–H groups in total. The Morgan fingerprint density at radius 3 is 1.80 bits per heavy atom. The van der Waals surface area contributed by atoms with Crippen LogP contribution in [0.15, 0.2) is 249 Å². The first-order chi connectivity index (χ1) is 34.5. The molecule has 0 spiro atoms. The van der Waals surface area contributed by atoms with Crippen molar-refractivity contribution in [2.24, 2.45) is 0 Å². The number of hydrogen-bond donors (Lipinski definition) is 0. The van der Waals surface area contributed by atoms with Crippen LogP contribution in [0.1, 0.15) is 36.1 Å². The fourth-order valence-corrected chi connectivity index (χ4v) is 11.4. The van der Waals surface area contributed by atoms with E-state index in [0.29, 0.717) is 6.54 Å². The Bertz CT molecular complexity index is 3630. The Morgan fingerprint density at radius 1 is 0.443 bits per heavy atom. The van der Waals surface area contributed by atoms with E-state index in [1.807, 2.05) is 18.2 Å². The van der Waals surface area contributed by atoms with Crippen LogP contribution in [0.2, 0.25) is 0 Å². The zero-order chi connectivity index (χ0) is 47.2. The predicted octanol–water partition coefficient (Wildman–Crippen LogP) is 18.3. The van der Waals surface area contributed by atoms with Crippen LogP contribution in [-0.4, -0.2) is 6.54 Å². The third-order valence-electron chi connectivity index (χ3n) is 14.8. The molecule has 0 saturated carbocycles. The van der Waals surface area contributed by atoms with Crippen LogP contribution in [0.25, 0.3) is 66.1 Å². The topological polar surface area (TPSA) is 6.48 Å².